The fourth-order valence-corrected chi connectivity index (χ4v) is 6.70. The number of aliphatic imine (C=N–C) groups is 1. The number of aliphatic hydroxyl groups excluding tert-OH is 1. The Morgan fingerprint density at radius 2 is 1.66 bits per heavy atom. The van der Waals surface area contributed by atoms with Gasteiger partial charge in [-0.3, -0.25) is 10.2 Å². The fraction of sp³-hybridized carbons (Fsp3) is 0.278. The lowest BCUT2D eigenvalue weighted by atomic mass is 9.85. The minimum atomic E-state index is -3.78. The van der Waals surface area contributed by atoms with Crippen molar-refractivity contribution < 1.29 is 32.5 Å². The molecule has 10 nitrogen and oxygen atoms in total. The number of ether oxygens (including phenoxy) is 3. The van der Waals surface area contributed by atoms with Crippen LogP contribution in [0.15, 0.2) is 119 Å². The second-order valence-electron chi connectivity index (χ2n) is 11.1. The van der Waals surface area contributed by atoms with E-state index in [4.69, 9.17) is 24.3 Å². The zero-order valence-corrected chi connectivity index (χ0v) is 27.0. The number of aliphatic hydroxyl groups is 1. The molecule has 47 heavy (non-hydrogen) atoms. The van der Waals surface area contributed by atoms with Gasteiger partial charge in [-0.1, -0.05) is 60.7 Å². The van der Waals surface area contributed by atoms with Crippen molar-refractivity contribution in [3.8, 4) is 11.5 Å². The van der Waals surface area contributed by atoms with Crippen LogP contribution in [-0.2, 0) is 25.8 Å². The Kier molecular flexibility index (Phi) is 11.3. The molecule has 0 fully saturated rings. The molecule has 1 aliphatic heterocycles. The first-order valence-electron chi connectivity index (χ1n) is 15.4. The molecule has 0 saturated carbocycles. The van der Waals surface area contributed by atoms with Crippen molar-refractivity contribution in [2.45, 2.75) is 35.8 Å². The molecule has 5 rings (SSSR count). The van der Waals surface area contributed by atoms with Gasteiger partial charge < -0.3 is 19.3 Å². The van der Waals surface area contributed by atoms with E-state index in [2.05, 4.69) is 10.9 Å². The van der Waals surface area contributed by atoms with Crippen LogP contribution in [0.5, 0.6) is 11.5 Å². The maximum Gasteiger partial charge on any atom is 0.266 e. The summed E-state index contributed by atoms with van der Waals surface area (Å²) in [6, 6.07) is 32.2. The van der Waals surface area contributed by atoms with Crippen molar-refractivity contribution in [2.24, 2.45) is 4.99 Å². The molecule has 4 aromatic carbocycles. The van der Waals surface area contributed by atoms with Gasteiger partial charge in [-0.05, 0) is 66.1 Å². The molecule has 0 bridgehead atoms. The molecule has 0 aliphatic carbocycles. The monoisotopic (exact) mass is 657 g/mol. The zero-order valence-electron chi connectivity index (χ0n) is 26.2. The molecule has 2 atom stereocenters. The predicted octanol–water partition coefficient (Wildman–Crippen LogP) is 4.44. The average Bonchev–Trinajstić information content (AvgIpc) is 3.51. The molecule has 246 valence electrons. The van der Waals surface area contributed by atoms with Gasteiger partial charge in [-0.15, -0.1) is 0 Å². The van der Waals surface area contributed by atoms with E-state index in [-0.39, 0.29) is 29.6 Å². The SMILES string of the molecule is COc1cccc([C@@H]2OC(c3ccc(OCCCO)cc3)=N[C@]2(CCS(=O)(=O)c2ccccc2)C(=O)NNCCc2ccccc2)c1. The van der Waals surface area contributed by atoms with E-state index in [1.54, 1.807) is 73.8 Å². The maximum atomic E-state index is 14.3. The van der Waals surface area contributed by atoms with Gasteiger partial charge >= 0.3 is 0 Å². The molecule has 0 unspecified atom stereocenters. The highest BCUT2D eigenvalue weighted by Crippen LogP contribution is 2.43. The summed E-state index contributed by atoms with van der Waals surface area (Å²) in [4.78, 5) is 19.4. The lowest BCUT2D eigenvalue weighted by Gasteiger charge is -2.30. The van der Waals surface area contributed by atoms with E-state index in [1.165, 1.54) is 12.1 Å². The van der Waals surface area contributed by atoms with Crippen molar-refractivity contribution >= 4 is 21.6 Å². The Labute approximate surface area is 275 Å². The number of nitrogens with one attached hydrogen (secondary N) is 2. The highest BCUT2D eigenvalue weighted by Gasteiger charge is 2.53. The van der Waals surface area contributed by atoms with Gasteiger partial charge in [0.2, 0.25) is 5.90 Å². The molecule has 0 aromatic heterocycles. The molecule has 0 saturated heterocycles. The Morgan fingerprint density at radius 3 is 2.36 bits per heavy atom. The highest BCUT2D eigenvalue weighted by atomic mass is 32.2. The van der Waals surface area contributed by atoms with Gasteiger partial charge in [0, 0.05) is 31.6 Å². The maximum absolute atomic E-state index is 14.3. The van der Waals surface area contributed by atoms with Crippen molar-refractivity contribution in [1.29, 1.82) is 0 Å². The number of rotatable bonds is 16. The minimum absolute atomic E-state index is 0.0274. The quantitative estimate of drug-likeness (QED) is 0.119. The van der Waals surface area contributed by atoms with Crippen LogP contribution in [0.3, 0.4) is 0 Å². The van der Waals surface area contributed by atoms with Crippen LogP contribution >= 0.6 is 0 Å². The van der Waals surface area contributed by atoms with Gasteiger partial charge in [0.25, 0.3) is 5.91 Å². The van der Waals surface area contributed by atoms with Crippen molar-refractivity contribution in [2.75, 3.05) is 32.6 Å². The smallest absolute Gasteiger partial charge is 0.266 e. The van der Waals surface area contributed by atoms with Gasteiger partial charge in [0.1, 0.15) is 11.5 Å². The summed E-state index contributed by atoms with van der Waals surface area (Å²) >= 11 is 0. The minimum Gasteiger partial charge on any atom is -0.497 e. The molecular formula is C36H39N3O7S. The predicted molar refractivity (Wildman–Crippen MR) is 179 cm³/mol. The number of carbonyl (C=O) groups is 1. The van der Waals surface area contributed by atoms with Crippen molar-refractivity contribution in [3.63, 3.8) is 0 Å². The molecule has 4 aromatic rings. The topological polar surface area (TPSA) is 136 Å². The summed E-state index contributed by atoms with van der Waals surface area (Å²) in [5.41, 5.74) is 6.44. The standard InChI is InChI=1S/C36H39N3O7S/c1-44-31-13-8-12-29(26-31)33-36(21-25-47(42,43)32-14-6-3-7-15-32,35(41)39-37-22-20-27-10-4-2-5-11-27)38-34(46-33)28-16-18-30(19-17-28)45-24-9-23-40/h2-8,10-19,26,33,37,40H,9,20-25H2,1H3,(H,39,41)/t33-,36-/m0/s1. The van der Waals surface area contributed by atoms with E-state index in [0.717, 1.165) is 5.56 Å². The Balaban J connectivity index is 1.50. The first-order chi connectivity index (χ1) is 22.8. The summed E-state index contributed by atoms with van der Waals surface area (Å²) < 4.78 is 44.7. The Bertz CT molecular complexity index is 1750. The number of methoxy groups -OCH3 is 1. The number of nitrogens with zero attached hydrogens (tertiary/aromatic N) is 1. The van der Waals surface area contributed by atoms with E-state index in [0.29, 0.717) is 48.6 Å². The average molecular weight is 658 g/mol. The van der Waals surface area contributed by atoms with Crippen molar-refractivity contribution in [3.05, 3.63) is 126 Å². The van der Waals surface area contributed by atoms with Crippen LogP contribution in [0.4, 0.5) is 0 Å². The lowest BCUT2D eigenvalue weighted by Crippen LogP contribution is -2.53. The fourth-order valence-electron chi connectivity index (χ4n) is 5.31. The van der Waals surface area contributed by atoms with Crippen LogP contribution in [-0.4, -0.2) is 63.5 Å². The molecule has 11 heteroatoms. The number of sulfone groups is 1. The number of amides is 1. The largest absolute Gasteiger partial charge is 0.497 e. The first-order valence-corrected chi connectivity index (χ1v) is 17.1. The summed E-state index contributed by atoms with van der Waals surface area (Å²) in [5, 5.41) is 9.06. The Morgan fingerprint density at radius 1 is 0.936 bits per heavy atom. The number of hydrazine groups is 1. The van der Waals surface area contributed by atoms with Crippen LogP contribution in [0.1, 0.15) is 35.6 Å². The third-order valence-electron chi connectivity index (χ3n) is 7.86. The van der Waals surface area contributed by atoms with Gasteiger partial charge in [0.05, 0.1) is 24.4 Å². The second kappa shape index (κ2) is 15.7. The van der Waals surface area contributed by atoms with Gasteiger partial charge in [-0.2, -0.15) is 0 Å². The van der Waals surface area contributed by atoms with E-state index in [1.807, 2.05) is 30.3 Å². The molecule has 0 radical (unpaired) electrons. The van der Waals surface area contributed by atoms with E-state index < -0.39 is 27.4 Å². The number of benzene rings is 4. The van der Waals surface area contributed by atoms with Gasteiger partial charge in [0.15, 0.2) is 21.5 Å². The normalized spacial score (nSPS) is 17.4. The van der Waals surface area contributed by atoms with Crippen LogP contribution in [0.25, 0.3) is 0 Å². The molecule has 1 heterocycles. The lowest BCUT2D eigenvalue weighted by molar-refractivity contribution is -0.130. The molecule has 0 spiro atoms. The molecule has 3 N–H and O–H groups in total. The zero-order chi connectivity index (χ0) is 33.1. The summed E-state index contributed by atoms with van der Waals surface area (Å²) in [6.07, 6.45) is 0.0235. The number of hydrogen-bond acceptors (Lipinski definition) is 9. The third-order valence-corrected chi connectivity index (χ3v) is 9.60. The molecule has 1 amide bonds. The van der Waals surface area contributed by atoms with Crippen molar-refractivity contribution in [1.82, 2.24) is 10.9 Å². The molecular weight excluding hydrogens is 618 g/mol. The first kappa shape index (κ1) is 33.6. The van der Waals surface area contributed by atoms with Crippen LogP contribution in [0.2, 0.25) is 0 Å². The summed E-state index contributed by atoms with van der Waals surface area (Å²) in [6.45, 7) is 0.828. The van der Waals surface area contributed by atoms with Gasteiger partial charge in [-0.25, -0.2) is 18.8 Å². The molecule has 1 aliphatic rings. The third kappa shape index (κ3) is 8.37. The summed E-state index contributed by atoms with van der Waals surface area (Å²) in [5.74, 6) is 0.464. The Hall–Kier alpha value is -4.71. The highest BCUT2D eigenvalue weighted by molar-refractivity contribution is 7.91. The second-order valence-corrected chi connectivity index (χ2v) is 13.2. The van der Waals surface area contributed by atoms with E-state index >= 15 is 0 Å². The summed E-state index contributed by atoms with van der Waals surface area (Å²) in [7, 11) is -2.24. The number of carbonyl (C=O) groups excluding carboxylic acids is 1. The van der Waals surface area contributed by atoms with Crippen LogP contribution in [0, 0.1) is 0 Å². The number of hydrogen-bond donors (Lipinski definition) is 3. The van der Waals surface area contributed by atoms with E-state index in [9.17, 15) is 13.2 Å². The van der Waals surface area contributed by atoms with Crippen LogP contribution < -0.4 is 20.3 Å².